The molecule has 0 aromatic heterocycles. The van der Waals surface area contributed by atoms with Crippen molar-refractivity contribution in [2.45, 2.75) is 32.6 Å². The largest absolute Gasteiger partial charge is 0.371 e. The van der Waals surface area contributed by atoms with Crippen LogP contribution in [0.4, 0.5) is 5.69 Å². The number of rotatable bonds is 8. The van der Waals surface area contributed by atoms with Crippen LogP contribution >= 0.6 is 0 Å². The highest BCUT2D eigenvalue weighted by Gasteiger charge is 2.06. The van der Waals surface area contributed by atoms with Crippen molar-refractivity contribution in [3.05, 3.63) is 35.4 Å². The zero-order valence-electron chi connectivity index (χ0n) is 12.9. The quantitative estimate of drug-likeness (QED) is 0.535. The van der Waals surface area contributed by atoms with Crippen LogP contribution in [0.2, 0.25) is 0 Å². The van der Waals surface area contributed by atoms with Gasteiger partial charge in [-0.2, -0.15) is 15.8 Å². The fourth-order valence-electron chi connectivity index (χ4n) is 2.15. The van der Waals surface area contributed by atoms with Crippen LogP contribution in [-0.2, 0) is 0 Å². The Bertz CT molecular complexity index is 592. The average Bonchev–Trinajstić information content (AvgIpc) is 2.56. The maximum Gasteiger partial charge on any atom is 0.130 e. The molecule has 0 fully saturated rings. The lowest BCUT2D eigenvalue weighted by Gasteiger charge is -2.24. The van der Waals surface area contributed by atoms with Gasteiger partial charge in [0.2, 0.25) is 0 Å². The van der Waals surface area contributed by atoms with Gasteiger partial charge in [0.25, 0.3) is 0 Å². The summed E-state index contributed by atoms with van der Waals surface area (Å²) in [6.07, 6.45) is 5.52. The zero-order valence-corrected chi connectivity index (χ0v) is 12.9. The van der Waals surface area contributed by atoms with Gasteiger partial charge >= 0.3 is 0 Å². The molecule has 4 nitrogen and oxygen atoms in total. The summed E-state index contributed by atoms with van der Waals surface area (Å²) in [7, 11) is 0. The van der Waals surface area contributed by atoms with Gasteiger partial charge in [-0.1, -0.05) is 31.9 Å². The van der Waals surface area contributed by atoms with Crippen molar-refractivity contribution < 1.29 is 0 Å². The molecule has 0 saturated heterocycles. The van der Waals surface area contributed by atoms with E-state index in [0.29, 0.717) is 6.42 Å². The normalized spacial score (nSPS) is 9.18. The van der Waals surface area contributed by atoms with Crippen LogP contribution in [-0.4, -0.2) is 13.1 Å². The van der Waals surface area contributed by atoms with Crippen molar-refractivity contribution in [3.8, 4) is 18.2 Å². The summed E-state index contributed by atoms with van der Waals surface area (Å²) >= 11 is 0. The number of nitriles is 3. The van der Waals surface area contributed by atoms with Crippen LogP contribution in [0.3, 0.4) is 0 Å². The van der Waals surface area contributed by atoms with E-state index >= 15 is 0 Å². The predicted molar refractivity (Wildman–Crippen MR) is 87.6 cm³/mol. The molecular formula is C18H20N4. The Morgan fingerprint density at radius 3 is 2.27 bits per heavy atom. The summed E-state index contributed by atoms with van der Waals surface area (Å²) in [6, 6.07) is 13.6. The van der Waals surface area contributed by atoms with E-state index in [1.165, 1.54) is 12.8 Å². The number of hydrogen-bond acceptors (Lipinski definition) is 4. The predicted octanol–water partition coefficient (Wildman–Crippen LogP) is 4.03. The van der Waals surface area contributed by atoms with Gasteiger partial charge < -0.3 is 4.90 Å². The van der Waals surface area contributed by atoms with E-state index < -0.39 is 0 Å². The van der Waals surface area contributed by atoms with Crippen LogP contribution in [0.15, 0.2) is 29.8 Å². The molecule has 0 aliphatic rings. The first-order valence-corrected chi connectivity index (χ1v) is 7.49. The first kappa shape index (κ1) is 17.3. The average molecular weight is 292 g/mol. The Morgan fingerprint density at radius 2 is 1.73 bits per heavy atom. The topological polar surface area (TPSA) is 74.6 Å². The highest BCUT2D eigenvalue weighted by molar-refractivity contribution is 5.64. The van der Waals surface area contributed by atoms with E-state index in [-0.39, 0.29) is 5.57 Å². The van der Waals surface area contributed by atoms with Gasteiger partial charge in [0.15, 0.2) is 0 Å². The van der Waals surface area contributed by atoms with Crippen molar-refractivity contribution in [2.75, 3.05) is 18.0 Å². The van der Waals surface area contributed by atoms with Crippen LogP contribution in [0.25, 0.3) is 6.08 Å². The molecule has 1 aromatic rings. The second kappa shape index (κ2) is 10.0. The molecule has 0 spiro atoms. The van der Waals surface area contributed by atoms with Gasteiger partial charge in [0.05, 0.1) is 12.5 Å². The lowest BCUT2D eigenvalue weighted by Crippen LogP contribution is -2.25. The summed E-state index contributed by atoms with van der Waals surface area (Å²) in [5.41, 5.74) is 1.99. The van der Waals surface area contributed by atoms with E-state index in [0.717, 1.165) is 30.8 Å². The summed E-state index contributed by atoms with van der Waals surface area (Å²) in [6.45, 7) is 3.83. The highest BCUT2D eigenvalue weighted by Crippen LogP contribution is 2.18. The van der Waals surface area contributed by atoms with Crippen LogP contribution in [0.5, 0.6) is 0 Å². The third kappa shape index (κ3) is 5.70. The minimum absolute atomic E-state index is 0.0945. The second-order valence-electron chi connectivity index (χ2n) is 4.98. The first-order valence-electron chi connectivity index (χ1n) is 7.49. The molecule has 0 aliphatic heterocycles. The highest BCUT2D eigenvalue weighted by atomic mass is 15.1. The van der Waals surface area contributed by atoms with Gasteiger partial charge in [-0.25, -0.2) is 0 Å². The van der Waals surface area contributed by atoms with E-state index in [1.54, 1.807) is 6.08 Å². The molecule has 0 amide bonds. The second-order valence-corrected chi connectivity index (χ2v) is 4.98. The van der Waals surface area contributed by atoms with Crippen molar-refractivity contribution >= 4 is 11.8 Å². The minimum Gasteiger partial charge on any atom is -0.371 e. The maximum absolute atomic E-state index is 8.79. The number of anilines is 1. The van der Waals surface area contributed by atoms with Crippen molar-refractivity contribution in [2.24, 2.45) is 0 Å². The van der Waals surface area contributed by atoms with Crippen LogP contribution < -0.4 is 4.90 Å². The Balaban J connectivity index is 2.83. The maximum atomic E-state index is 8.79. The van der Waals surface area contributed by atoms with E-state index in [1.807, 2.05) is 36.4 Å². The van der Waals surface area contributed by atoms with Gasteiger partial charge in [0, 0.05) is 18.8 Å². The van der Waals surface area contributed by atoms with Crippen molar-refractivity contribution in [3.63, 3.8) is 0 Å². The summed E-state index contributed by atoms with van der Waals surface area (Å²) in [4.78, 5) is 2.21. The van der Waals surface area contributed by atoms with Gasteiger partial charge in [-0.05, 0) is 30.2 Å². The van der Waals surface area contributed by atoms with Crippen LogP contribution in [0, 0.1) is 34.0 Å². The molecule has 0 heterocycles. The smallest absolute Gasteiger partial charge is 0.130 e. The number of benzene rings is 1. The summed E-state index contributed by atoms with van der Waals surface area (Å²) in [5, 5.41) is 26.3. The van der Waals surface area contributed by atoms with Crippen molar-refractivity contribution in [1.82, 2.24) is 0 Å². The molecule has 0 unspecified atom stereocenters. The lowest BCUT2D eigenvalue weighted by atomic mass is 10.1. The van der Waals surface area contributed by atoms with E-state index in [4.69, 9.17) is 15.8 Å². The van der Waals surface area contributed by atoms with Gasteiger partial charge in [-0.3, -0.25) is 0 Å². The molecule has 0 radical (unpaired) electrons. The van der Waals surface area contributed by atoms with Crippen molar-refractivity contribution in [1.29, 1.82) is 15.8 Å². The monoisotopic (exact) mass is 292 g/mol. The third-order valence-corrected chi connectivity index (χ3v) is 3.34. The fourth-order valence-corrected chi connectivity index (χ4v) is 2.15. The molecular weight excluding hydrogens is 272 g/mol. The standard InChI is InChI=1S/C18H20N4/c1-2-3-4-11-22(12-5-10-19)18-8-6-16(7-9-18)13-17(14-20)15-21/h6-9,13H,2-5,11-12H2,1H3. The Labute approximate surface area is 132 Å². The van der Waals surface area contributed by atoms with Crippen LogP contribution in [0.1, 0.15) is 38.2 Å². The van der Waals surface area contributed by atoms with Gasteiger partial charge in [0.1, 0.15) is 17.7 Å². The van der Waals surface area contributed by atoms with Gasteiger partial charge in [-0.15, -0.1) is 0 Å². The molecule has 0 aliphatic carbocycles. The Morgan fingerprint density at radius 1 is 1.05 bits per heavy atom. The molecule has 112 valence electrons. The summed E-state index contributed by atoms with van der Waals surface area (Å²) < 4.78 is 0. The number of allylic oxidation sites excluding steroid dienone is 1. The molecule has 4 heteroatoms. The molecule has 1 rings (SSSR count). The summed E-state index contributed by atoms with van der Waals surface area (Å²) in [5.74, 6) is 0. The van der Waals surface area contributed by atoms with E-state index in [2.05, 4.69) is 17.9 Å². The number of nitrogens with zero attached hydrogens (tertiary/aromatic N) is 4. The Kier molecular flexibility index (Phi) is 7.88. The molecule has 0 bridgehead atoms. The fraction of sp³-hybridized carbons (Fsp3) is 0.389. The molecule has 1 aromatic carbocycles. The molecule has 0 N–H and O–H groups in total. The lowest BCUT2D eigenvalue weighted by molar-refractivity contribution is 0.677. The SMILES string of the molecule is CCCCCN(CCC#N)c1ccc(C=C(C#N)C#N)cc1. The zero-order chi connectivity index (χ0) is 16.2. The first-order chi connectivity index (χ1) is 10.7. The molecule has 0 atom stereocenters. The number of hydrogen-bond donors (Lipinski definition) is 0. The number of unbranched alkanes of at least 4 members (excludes halogenated alkanes) is 2. The minimum atomic E-state index is 0.0945. The molecule has 0 saturated carbocycles. The third-order valence-electron chi connectivity index (χ3n) is 3.34. The Hall–Kier alpha value is -2.77. The molecule has 22 heavy (non-hydrogen) atoms. The van der Waals surface area contributed by atoms with E-state index in [9.17, 15) is 0 Å².